The zero-order chi connectivity index (χ0) is 14.4. The van der Waals surface area contributed by atoms with Crippen molar-refractivity contribution in [3.8, 4) is 0 Å². The molecule has 0 saturated heterocycles. The van der Waals surface area contributed by atoms with E-state index in [1.54, 1.807) is 0 Å². The number of benzene rings is 1. The van der Waals surface area contributed by atoms with Crippen LogP contribution in [0.4, 0.5) is 0 Å². The summed E-state index contributed by atoms with van der Waals surface area (Å²) in [5.41, 5.74) is 1.33. The number of nitrogens with one attached hydrogen (secondary N) is 1. The predicted molar refractivity (Wildman–Crippen MR) is 88.4 cm³/mol. The van der Waals surface area contributed by atoms with Crippen LogP contribution in [-0.2, 0) is 6.42 Å². The Morgan fingerprint density at radius 3 is 2.50 bits per heavy atom. The maximum absolute atomic E-state index is 6.34. The van der Waals surface area contributed by atoms with Gasteiger partial charge >= 0.3 is 0 Å². The molecule has 20 heavy (non-hydrogen) atoms. The van der Waals surface area contributed by atoms with E-state index in [-0.39, 0.29) is 0 Å². The molecular formula is C18H28ClN. The van der Waals surface area contributed by atoms with Gasteiger partial charge in [0.05, 0.1) is 0 Å². The van der Waals surface area contributed by atoms with Gasteiger partial charge in [0.15, 0.2) is 0 Å². The zero-order valence-corrected chi connectivity index (χ0v) is 13.6. The van der Waals surface area contributed by atoms with Crippen LogP contribution in [-0.4, -0.2) is 12.6 Å². The van der Waals surface area contributed by atoms with E-state index in [0.717, 1.165) is 29.8 Å². The van der Waals surface area contributed by atoms with Crippen LogP contribution in [0.1, 0.15) is 51.5 Å². The highest BCUT2D eigenvalue weighted by atomic mass is 35.5. The quantitative estimate of drug-likeness (QED) is 0.747. The summed E-state index contributed by atoms with van der Waals surface area (Å²) < 4.78 is 0. The van der Waals surface area contributed by atoms with Gasteiger partial charge in [-0.25, -0.2) is 0 Å². The Kier molecular flexibility index (Phi) is 6.38. The molecule has 0 aromatic heterocycles. The summed E-state index contributed by atoms with van der Waals surface area (Å²) >= 11 is 6.34. The summed E-state index contributed by atoms with van der Waals surface area (Å²) in [7, 11) is 0. The zero-order valence-electron chi connectivity index (χ0n) is 12.9. The van der Waals surface area contributed by atoms with Gasteiger partial charge < -0.3 is 5.32 Å². The molecule has 1 aromatic rings. The van der Waals surface area contributed by atoms with Gasteiger partial charge in [-0.05, 0) is 49.3 Å². The van der Waals surface area contributed by atoms with Crippen LogP contribution >= 0.6 is 11.6 Å². The lowest BCUT2D eigenvalue weighted by molar-refractivity contribution is 0.291. The second-order valence-corrected chi connectivity index (χ2v) is 6.92. The Balaban J connectivity index is 2.02. The van der Waals surface area contributed by atoms with Gasteiger partial charge in [0.25, 0.3) is 0 Å². The Hall–Kier alpha value is -0.530. The second kappa shape index (κ2) is 8.05. The van der Waals surface area contributed by atoms with E-state index in [4.69, 9.17) is 11.6 Å². The lowest BCUT2D eigenvalue weighted by Gasteiger charge is -2.27. The average molecular weight is 294 g/mol. The topological polar surface area (TPSA) is 12.0 Å². The Morgan fingerprint density at radius 1 is 1.10 bits per heavy atom. The van der Waals surface area contributed by atoms with E-state index < -0.39 is 0 Å². The molecule has 0 radical (unpaired) electrons. The minimum atomic E-state index is 0.583. The Morgan fingerprint density at radius 2 is 1.80 bits per heavy atom. The van der Waals surface area contributed by atoms with Crippen LogP contribution in [0, 0.1) is 11.8 Å². The van der Waals surface area contributed by atoms with Crippen molar-refractivity contribution in [1.82, 2.24) is 5.32 Å². The van der Waals surface area contributed by atoms with Gasteiger partial charge in [0, 0.05) is 11.1 Å². The molecule has 1 aromatic carbocycles. The third-order valence-electron chi connectivity index (χ3n) is 4.54. The van der Waals surface area contributed by atoms with Gasteiger partial charge in [0.2, 0.25) is 0 Å². The van der Waals surface area contributed by atoms with Crippen LogP contribution in [0.2, 0.25) is 5.02 Å². The van der Waals surface area contributed by atoms with E-state index in [0.29, 0.717) is 6.04 Å². The van der Waals surface area contributed by atoms with Crippen LogP contribution < -0.4 is 5.32 Å². The van der Waals surface area contributed by atoms with E-state index in [1.165, 1.54) is 37.7 Å². The molecule has 1 saturated carbocycles. The first-order valence-corrected chi connectivity index (χ1v) is 8.51. The maximum Gasteiger partial charge on any atom is 0.0438 e. The van der Waals surface area contributed by atoms with Crippen molar-refractivity contribution in [3.05, 3.63) is 34.9 Å². The summed E-state index contributed by atoms with van der Waals surface area (Å²) in [6.45, 7) is 5.63. The number of hydrogen-bond donors (Lipinski definition) is 1. The van der Waals surface area contributed by atoms with Crippen molar-refractivity contribution in [2.24, 2.45) is 11.8 Å². The average Bonchev–Trinajstić information content (AvgIpc) is 2.64. The lowest BCUT2D eigenvalue weighted by atomic mass is 9.83. The summed E-state index contributed by atoms with van der Waals surface area (Å²) in [6.07, 6.45) is 8.04. The largest absolute Gasteiger partial charge is 0.314 e. The molecule has 0 bridgehead atoms. The molecular weight excluding hydrogens is 266 g/mol. The van der Waals surface area contributed by atoms with Gasteiger partial charge in [0.1, 0.15) is 0 Å². The fourth-order valence-corrected chi connectivity index (χ4v) is 3.55. The SMILES string of the molecule is CC(C)NCC1CCCCCC1Cc1ccccc1Cl. The monoisotopic (exact) mass is 293 g/mol. The van der Waals surface area contributed by atoms with E-state index in [9.17, 15) is 0 Å². The third-order valence-corrected chi connectivity index (χ3v) is 4.91. The summed E-state index contributed by atoms with van der Waals surface area (Å²) in [4.78, 5) is 0. The van der Waals surface area contributed by atoms with Crippen molar-refractivity contribution >= 4 is 11.6 Å². The highest BCUT2D eigenvalue weighted by Gasteiger charge is 2.24. The van der Waals surface area contributed by atoms with Gasteiger partial charge in [-0.3, -0.25) is 0 Å². The smallest absolute Gasteiger partial charge is 0.0438 e. The first-order chi connectivity index (χ1) is 9.66. The molecule has 0 spiro atoms. The molecule has 1 N–H and O–H groups in total. The maximum atomic E-state index is 6.34. The molecule has 0 amide bonds. The Labute approximate surface area is 129 Å². The number of halogens is 1. The first kappa shape index (κ1) is 15.9. The van der Waals surface area contributed by atoms with Crippen LogP contribution in [0.25, 0.3) is 0 Å². The highest BCUT2D eigenvalue weighted by Crippen LogP contribution is 2.32. The van der Waals surface area contributed by atoms with Crippen LogP contribution in [0.15, 0.2) is 24.3 Å². The first-order valence-electron chi connectivity index (χ1n) is 8.13. The third kappa shape index (κ3) is 4.79. The molecule has 1 nitrogen and oxygen atoms in total. The minimum absolute atomic E-state index is 0.583. The van der Waals surface area contributed by atoms with Crippen molar-refractivity contribution < 1.29 is 0 Å². The molecule has 2 unspecified atom stereocenters. The van der Waals surface area contributed by atoms with Gasteiger partial charge in [-0.2, -0.15) is 0 Å². The van der Waals surface area contributed by atoms with E-state index in [2.05, 4.69) is 31.3 Å². The molecule has 0 heterocycles. The molecule has 1 fully saturated rings. The summed E-state index contributed by atoms with van der Waals surface area (Å²) in [5, 5.41) is 4.58. The molecule has 2 heteroatoms. The molecule has 112 valence electrons. The fourth-order valence-electron chi connectivity index (χ4n) is 3.33. The standard InChI is InChI=1S/C18H28ClN/c1-14(2)20-13-17-10-5-3-4-8-15(17)12-16-9-6-7-11-18(16)19/h6-7,9,11,14-15,17,20H,3-5,8,10,12-13H2,1-2H3. The van der Waals surface area contributed by atoms with Gasteiger partial charge in [-0.15, -0.1) is 0 Å². The Bertz CT molecular complexity index is 402. The molecule has 2 rings (SSSR count). The fraction of sp³-hybridized carbons (Fsp3) is 0.667. The van der Waals surface area contributed by atoms with Crippen LogP contribution in [0.3, 0.4) is 0 Å². The van der Waals surface area contributed by atoms with Crippen molar-refractivity contribution in [2.75, 3.05) is 6.54 Å². The second-order valence-electron chi connectivity index (χ2n) is 6.52. The molecule has 1 aliphatic carbocycles. The predicted octanol–water partition coefficient (Wildman–Crippen LogP) is 5.08. The molecule has 0 aliphatic heterocycles. The molecule has 1 aliphatic rings. The van der Waals surface area contributed by atoms with Crippen LogP contribution in [0.5, 0.6) is 0 Å². The summed E-state index contributed by atoms with van der Waals surface area (Å²) in [6, 6.07) is 8.93. The van der Waals surface area contributed by atoms with Crippen molar-refractivity contribution in [3.63, 3.8) is 0 Å². The van der Waals surface area contributed by atoms with E-state index in [1.807, 2.05) is 12.1 Å². The normalized spacial score (nSPS) is 23.8. The minimum Gasteiger partial charge on any atom is -0.314 e. The van der Waals surface area contributed by atoms with Gasteiger partial charge in [-0.1, -0.05) is 62.9 Å². The number of hydrogen-bond acceptors (Lipinski definition) is 1. The van der Waals surface area contributed by atoms with E-state index >= 15 is 0 Å². The highest BCUT2D eigenvalue weighted by molar-refractivity contribution is 6.31. The molecule has 2 atom stereocenters. The number of rotatable bonds is 5. The van der Waals surface area contributed by atoms with Crippen molar-refractivity contribution in [1.29, 1.82) is 0 Å². The summed E-state index contributed by atoms with van der Waals surface area (Å²) in [5.74, 6) is 1.58. The lowest BCUT2D eigenvalue weighted by Crippen LogP contribution is -2.33. The van der Waals surface area contributed by atoms with Crippen molar-refractivity contribution in [2.45, 2.75) is 58.4 Å².